The highest BCUT2D eigenvalue weighted by molar-refractivity contribution is 5.93. The molecule has 1 heterocycles. The van der Waals surface area contributed by atoms with E-state index in [0.717, 1.165) is 142 Å². The van der Waals surface area contributed by atoms with Crippen molar-refractivity contribution in [2.24, 2.45) is 85.8 Å². The Morgan fingerprint density at radius 3 is 1.17 bits per heavy atom. The van der Waals surface area contributed by atoms with Crippen LogP contribution in [-0.2, 0) is 19.1 Å². The van der Waals surface area contributed by atoms with Gasteiger partial charge in [-0.05, 0) is 301 Å². The van der Waals surface area contributed by atoms with E-state index >= 15 is 0 Å². The van der Waals surface area contributed by atoms with Crippen molar-refractivity contribution in [3.63, 3.8) is 0 Å². The molecule has 0 bridgehead atoms. The molecular formula is C95H125N3O7. The van der Waals surface area contributed by atoms with Crippen molar-refractivity contribution in [3.8, 4) is 35.5 Å². The third-order valence-electron chi connectivity index (χ3n) is 32.4. The van der Waals surface area contributed by atoms with Crippen LogP contribution in [0.4, 0.5) is 17.1 Å². The SMILES string of the molecule is CC#C[C@]1(O)CC[C@H]2[C@@H]3CCC4=CC(=O)CC[C@]4(C)C3[C@@H](c3ccc(N(C)CCOC)cc3)C[C@@]21C.CC#C[C@]1(O)CC[C@H]2[C@@H]3CCC4=CC(=O)CC[C@]4(C)C3[C@@H](c3ccc(N4CCCC4)cc3)C[C@@]21C.CCC#C[C@]1(O)CC[C@H]2[C@@H]3CCC4=CC(=O)CC[C@]4(C)C3[C@@H](c3ccc(N(C)C)cc3)C[C@@]21C. The first-order valence-corrected chi connectivity index (χ1v) is 41.3. The van der Waals surface area contributed by atoms with Gasteiger partial charge in [0.15, 0.2) is 17.3 Å². The molecule has 3 N–H and O–H groups in total. The summed E-state index contributed by atoms with van der Waals surface area (Å²) < 4.78 is 5.27. The van der Waals surface area contributed by atoms with E-state index in [-0.39, 0.29) is 32.5 Å². The number of carbonyl (C=O) groups excluding carboxylic acids is 3. The van der Waals surface area contributed by atoms with Crippen LogP contribution in [0.5, 0.6) is 0 Å². The average molecular weight is 1420 g/mol. The number of benzene rings is 3. The molecule has 1 saturated heterocycles. The van der Waals surface area contributed by atoms with Gasteiger partial charge in [0.25, 0.3) is 0 Å². The number of allylic oxidation sites excluding steroid dienone is 3. The van der Waals surface area contributed by atoms with Crippen LogP contribution in [0.2, 0.25) is 0 Å². The van der Waals surface area contributed by atoms with Crippen LogP contribution < -0.4 is 14.7 Å². The maximum absolute atomic E-state index is 12.4. The fraction of sp³-hybridized carbons (Fsp3) is 0.653. The van der Waals surface area contributed by atoms with Gasteiger partial charge < -0.3 is 34.8 Å². The molecule has 0 radical (unpaired) electrons. The minimum absolute atomic E-state index is 0.0495. The number of rotatable bonds is 9. The topological polar surface area (TPSA) is 131 Å². The van der Waals surface area contributed by atoms with E-state index in [2.05, 4.69) is 193 Å². The number of carbonyl (C=O) groups is 3. The number of aliphatic hydroxyl groups is 3. The molecular weight excluding hydrogens is 1300 g/mol. The quantitative estimate of drug-likeness (QED) is 0.178. The van der Waals surface area contributed by atoms with E-state index in [1.165, 1.54) is 63.3 Å². The molecule has 105 heavy (non-hydrogen) atoms. The molecule has 0 aromatic heterocycles. The molecule has 10 heteroatoms. The fourth-order valence-electron chi connectivity index (χ4n) is 26.7. The molecule has 3 aromatic rings. The molecule has 9 saturated carbocycles. The van der Waals surface area contributed by atoms with Crippen molar-refractivity contribution in [2.75, 3.05) is 69.2 Å². The Kier molecular flexibility index (Phi) is 20.6. The van der Waals surface area contributed by atoms with Crippen molar-refractivity contribution < 1.29 is 34.4 Å². The van der Waals surface area contributed by atoms with Crippen LogP contribution in [0.1, 0.15) is 251 Å². The minimum atomic E-state index is -0.921. The van der Waals surface area contributed by atoms with Crippen molar-refractivity contribution >= 4 is 34.4 Å². The van der Waals surface area contributed by atoms with Crippen LogP contribution >= 0.6 is 0 Å². The molecule has 3 aromatic carbocycles. The molecule has 10 fully saturated rings. The van der Waals surface area contributed by atoms with E-state index < -0.39 is 16.8 Å². The van der Waals surface area contributed by atoms with Crippen molar-refractivity contribution in [1.29, 1.82) is 0 Å². The summed E-state index contributed by atoms with van der Waals surface area (Å²) in [5.41, 5.74) is 8.94. The number of anilines is 3. The van der Waals surface area contributed by atoms with E-state index in [9.17, 15) is 29.7 Å². The van der Waals surface area contributed by atoms with Gasteiger partial charge >= 0.3 is 0 Å². The van der Waals surface area contributed by atoms with Gasteiger partial charge in [-0.3, -0.25) is 14.4 Å². The maximum atomic E-state index is 12.4. The number of ether oxygens (including phenoxy) is 1. The van der Waals surface area contributed by atoms with Crippen molar-refractivity contribution in [1.82, 2.24) is 0 Å². The summed E-state index contributed by atoms with van der Waals surface area (Å²) in [7, 11) is 8.02. The van der Waals surface area contributed by atoms with Crippen LogP contribution in [0.25, 0.3) is 0 Å². The molecule has 0 spiro atoms. The number of ketones is 3. The summed E-state index contributed by atoms with van der Waals surface area (Å²) in [5.74, 6) is 25.9. The fourth-order valence-corrected chi connectivity index (χ4v) is 26.7. The summed E-state index contributed by atoms with van der Waals surface area (Å²) in [5, 5.41) is 35.7. The minimum Gasteiger partial charge on any atom is -0.383 e. The van der Waals surface area contributed by atoms with Gasteiger partial charge in [0.1, 0.15) is 16.8 Å². The summed E-state index contributed by atoms with van der Waals surface area (Å²) in [4.78, 5) is 44.0. The number of nitrogens with zero attached hydrogens (tertiary/aromatic N) is 3. The summed E-state index contributed by atoms with van der Waals surface area (Å²) in [6.45, 7) is 24.0. The third-order valence-corrected chi connectivity index (χ3v) is 32.4. The summed E-state index contributed by atoms with van der Waals surface area (Å²) >= 11 is 0. The Morgan fingerprint density at radius 1 is 0.476 bits per heavy atom. The Bertz CT molecular complexity index is 4090. The van der Waals surface area contributed by atoms with Crippen LogP contribution in [0.3, 0.4) is 0 Å². The first kappa shape index (κ1) is 75.6. The monoisotopic (exact) mass is 1420 g/mol. The lowest BCUT2D eigenvalue weighted by molar-refractivity contribution is -0.122. The molecule has 1 aliphatic heterocycles. The number of fused-ring (bicyclic) bond motifs is 15. The summed E-state index contributed by atoms with van der Waals surface area (Å²) in [6.07, 6.45) is 29.1. The molecule has 3 unspecified atom stereocenters. The van der Waals surface area contributed by atoms with Gasteiger partial charge in [-0.1, -0.05) is 119 Å². The first-order chi connectivity index (χ1) is 50.1. The van der Waals surface area contributed by atoms with Crippen molar-refractivity contribution in [2.45, 2.75) is 251 Å². The molecule has 562 valence electrons. The van der Waals surface area contributed by atoms with E-state index in [1.54, 1.807) is 7.11 Å². The van der Waals surface area contributed by atoms with E-state index in [1.807, 2.05) is 32.1 Å². The number of hydrogen-bond donors (Lipinski definition) is 3. The highest BCUT2D eigenvalue weighted by atomic mass is 16.5. The predicted molar refractivity (Wildman–Crippen MR) is 425 cm³/mol. The predicted octanol–water partition coefficient (Wildman–Crippen LogP) is 18.1. The molecule has 21 atom stereocenters. The number of methoxy groups -OCH3 is 1. The normalized spacial score (nSPS) is 40.9. The van der Waals surface area contributed by atoms with E-state index in [4.69, 9.17) is 4.74 Å². The molecule has 16 rings (SSSR count). The van der Waals surface area contributed by atoms with Crippen LogP contribution in [0, 0.1) is 121 Å². The standard InChI is InChI=1S/C32H43NO3.C32H41NO2.C31H41NO2/c1-6-15-32(35)17-14-28-26-12-9-23-20-25(34)13-16-30(23,2)29(26)27(21-31(28,32)3)22-7-10-24(11-8-22)33(4)18-19-36-5;1-4-15-32(35)17-14-28-26-12-9-23-20-25(34)13-16-30(23,2)29(26)27(21-31(28,32)3)22-7-10-24(11-8-22)33-18-5-6-19-33;1-6-7-16-31(34)18-15-27-25-13-10-22-19-24(33)14-17-29(22,2)28(25)26(20-30(27,31)3)21-8-11-23(12-9-21)32(4)5/h7-8,10-11,20,26-29,35H,9,12-14,16-19,21H2,1-5H3;7-8,10-11,20,26-29,35H,5-6,9,12-14,16-19,21H2,1-3H3;8-9,11-12,19,25-28,34H,6,10,13-15,17-18,20H2,1-5H3/t2*26-,27+,28-,29?,30-,31-,32-;25-,26+,27-,28?,29-,30-,31-/m000/s1. The first-order valence-electron chi connectivity index (χ1n) is 41.3. The van der Waals surface area contributed by atoms with Crippen LogP contribution in [-0.4, -0.2) is 104 Å². The van der Waals surface area contributed by atoms with Gasteiger partial charge in [-0.15, -0.1) is 17.8 Å². The maximum Gasteiger partial charge on any atom is 0.155 e. The second-order valence-electron chi connectivity index (χ2n) is 37.2. The molecule has 12 aliphatic carbocycles. The highest BCUT2D eigenvalue weighted by Gasteiger charge is 2.70. The van der Waals surface area contributed by atoms with Gasteiger partial charge in [0.05, 0.1) is 6.61 Å². The van der Waals surface area contributed by atoms with Gasteiger partial charge in [0.2, 0.25) is 0 Å². The third kappa shape index (κ3) is 12.6. The molecule has 13 aliphatic rings. The molecule has 0 amide bonds. The van der Waals surface area contributed by atoms with Gasteiger partial charge in [0, 0.05) is 107 Å². The number of hydrogen-bond acceptors (Lipinski definition) is 10. The second kappa shape index (κ2) is 28.7. The zero-order valence-corrected chi connectivity index (χ0v) is 66.2. The largest absolute Gasteiger partial charge is 0.383 e. The summed E-state index contributed by atoms with van der Waals surface area (Å²) in [6, 6.07) is 27.7. The lowest BCUT2D eigenvalue weighted by Crippen LogP contribution is -2.57. The van der Waals surface area contributed by atoms with E-state index in [0.29, 0.717) is 114 Å². The Labute approximate surface area is 631 Å². The highest BCUT2D eigenvalue weighted by Crippen LogP contribution is 2.75. The zero-order chi connectivity index (χ0) is 74.4. The second-order valence-corrected chi connectivity index (χ2v) is 37.2. The Morgan fingerprint density at radius 2 is 0.829 bits per heavy atom. The van der Waals surface area contributed by atoms with Gasteiger partial charge in [-0.2, -0.15) is 0 Å². The van der Waals surface area contributed by atoms with Crippen LogP contribution in [0.15, 0.2) is 108 Å². The smallest absolute Gasteiger partial charge is 0.155 e. The zero-order valence-electron chi connectivity index (χ0n) is 66.2. The number of likely N-dealkylation sites (N-methyl/N-ethyl adjacent to an activating group) is 1. The lowest BCUT2D eigenvalue weighted by Gasteiger charge is -2.61. The molecule has 10 nitrogen and oxygen atoms in total. The Hall–Kier alpha value is -6.19. The lowest BCUT2D eigenvalue weighted by atomic mass is 9.43. The van der Waals surface area contributed by atoms with Crippen molar-refractivity contribution in [3.05, 3.63) is 124 Å². The van der Waals surface area contributed by atoms with Gasteiger partial charge in [-0.25, -0.2) is 0 Å². The Balaban J connectivity index is 0.000000133. The average Bonchev–Trinajstić information content (AvgIpc) is 1.66.